The monoisotopic (exact) mass is 488 g/mol. The lowest BCUT2D eigenvalue weighted by atomic mass is 10.1. The van der Waals surface area contributed by atoms with Crippen molar-refractivity contribution in [2.75, 3.05) is 10.6 Å². The molecule has 5 aromatic rings. The quantitative estimate of drug-likeness (QED) is 0.210. The van der Waals surface area contributed by atoms with E-state index >= 15 is 0 Å². The summed E-state index contributed by atoms with van der Waals surface area (Å²) < 4.78 is 59.2. The highest BCUT2D eigenvalue weighted by molar-refractivity contribution is 6.08. The van der Waals surface area contributed by atoms with E-state index in [2.05, 4.69) is 10.6 Å². The average Bonchev–Trinajstić information content (AvgIpc) is 2.87. The molecule has 0 bridgehead atoms. The fourth-order valence-corrected chi connectivity index (χ4v) is 3.95. The molecule has 0 aromatic heterocycles. The third-order valence-corrected chi connectivity index (χ3v) is 5.73. The maximum Gasteiger partial charge on any atom is 0.261 e. The summed E-state index contributed by atoms with van der Waals surface area (Å²) in [5, 5.41) is 7.65. The topological polar surface area (TPSA) is 58.2 Å². The van der Waals surface area contributed by atoms with Crippen molar-refractivity contribution in [3.63, 3.8) is 0 Å². The molecular weight excluding hydrogens is 472 g/mol. The first-order valence-electron chi connectivity index (χ1n) is 10.8. The van der Waals surface area contributed by atoms with Crippen molar-refractivity contribution in [1.82, 2.24) is 0 Å². The largest absolute Gasteiger partial charge is 0.322 e. The fraction of sp³-hybridized carbons (Fsp3) is 0. The molecule has 0 atom stereocenters. The zero-order chi connectivity index (χ0) is 25.4. The first-order valence-corrected chi connectivity index (χ1v) is 10.8. The zero-order valence-corrected chi connectivity index (χ0v) is 18.4. The van der Waals surface area contributed by atoms with E-state index in [9.17, 15) is 27.2 Å². The number of carbonyl (C=O) groups is 2. The van der Waals surface area contributed by atoms with Gasteiger partial charge in [-0.05, 0) is 45.8 Å². The summed E-state index contributed by atoms with van der Waals surface area (Å²) in [7, 11) is 0. The zero-order valence-electron chi connectivity index (χ0n) is 18.4. The van der Waals surface area contributed by atoms with Crippen molar-refractivity contribution in [3.8, 4) is 0 Å². The van der Waals surface area contributed by atoms with Crippen molar-refractivity contribution in [3.05, 3.63) is 119 Å². The van der Waals surface area contributed by atoms with Gasteiger partial charge in [-0.3, -0.25) is 9.59 Å². The van der Waals surface area contributed by atoms with Gasteiger partial charge in [0.05, 0.1) is 0 Å². The second kappa shape index (κ2) is 9.14. The van der Waals surface area contributed by atoms with Crippen LogP contribution in [0.3, 0.4) is 0 Å². The van der Waals surface area contributed by atoms with Crippen LogP contribution in [0.5, 0.6) is 0 Å². The SMILES string of the molecule is O=C(Nc1ccc2ccccc2c1)c1c(F)c(F)c(C(=O)Nc2ccc3ccccc3c2)c(F)c1F. The molecule has 0 aliphatic rings. The molecule has 2 N–H and O–H groups in total. The molecule has 5 aromatic carbocycles. The van der Waals surface area contributed by atoms with Gasteiger partial charge in [-0.2, -0.15) is 0 Å². The molecule has 36 heavy (non-hydrogen) atoms. The molecule has 2 amide bonds. The van der Waals surface area contributed by atoms with Crippen LogP contribution in [0, 0.1) is 23.3 Å². The van der Waals surface area contributed by atoms with Gasteiger partial charge in [0.25, 0.3) is 11.8 Å². The van der Waals surface area contributed by atoms with E-state index in [-0.39, 0.29) is 11.4 Å². The smallest absolute Gasteiger partial charge is 0.261 e. The Kier molecular flexibility index (Phi) is 5.85. The van der Waals surface area contributed by atoms with E-state index in [0.29, 0.717) is 0 Å². The molecule has 8 heteroatoms. The standard InChI is InChI=1S/C28H16F4N2O2/c29-23-21(27(35)33-19-11-9-15-5-1-3-7-17(15)13-19)24(30)26(32)22(25(23)31)28(36)34-20-12-10-16-6-2-4-8-18(16)14-20/h1-14H,(H,33,35)(H,34,36). The summed E-state index contributed by atoms with van der Waals surface area (Å²) in [5.74, 6) is -10.7. The minimum Gasteiger partial charge on any atom is -0.322 e. The van der Waals surface area contributed by atoms with E-state index in [1.807, 2.05) is 24.3 Å². The van der Waals surface area contributed by atoms with Gasteiger partial charge in [0.2, 0.25) is 0 Å². The molecule has 0 fully saturated rings. The normalized spacial score (nSPS) is 11.0. The van der Waals surface area contributed by atoms with E-state index in [0.717, 1.165) is 21.5 Å². The summed E-state index contributed by atoms with van der Waals surface area (Å²) in [4.78, 5) is 25.1. The van der Waals surface area contributed by atoms with Gasteiger partial charge in [0, 0.05) is 11.4 Å². The minimum atomic E-state index is -1.98. The molecular formula is C28H16F4N2O2. The summed E-state index contributed by atoms with van der Waals surface area (Å²) in [6, 6.07) is 23.7. The molecule has 5 rings (SSSR count). The summed E-state index contributed by atoms with van der Waals surface area (Å²) >= 11 is 0. The van der Waals surface area contributed by atoms with Gasteiger partial charge in [-0.15, -0.1) is 0 Å². The van der Waals surface area contributed by atoms with Crippen molar-refractivity contribution < 1.29 is 27.2 Å². The maximum absolute atomic E-state index is 14.8. The number of anilines is 2. The number of hydrogen-bond acceptors (Lipinski definition) is 2. The van der Waals surface area contributed by atoms with Gasteiger partial charge in [-0.1, -0.05) is 60.7 Å². The number of carbonyl (C=O) groups excluding carboxylic acids is 2. The minimum absolute atomic E-state index is 0.163. The van der Waals surface area contributed by atoms with Crippen molar-refractivity contribution in [2.24, 2.45) is 0 Å². The molecule has 0 saturated carbocycles. The molecule has 0 aliphatic carbocycles. The highest BCUT2D eigenvalue weighted by Gasteiger charge is 2.32. The first kappa shape index (κ1) is 23.0. The number of fused-ring (bicyclic) bond motifs is 2. The Morgan fingerprint density at radius 2 is 0.806 bits per heavy atom. The molecule has 178 valence electrons. The lowest BCUT2D eigenvalue weighted by molar-refractivity contribution is 0.0993. The van der Waals surface area contributed by atoms with Crippen LogP contribution >= 0.6 is 0 Å². The molecule has 0 radical (unpaired) electrons. The van der Waals surface area contributed by atoms with E-state index < -0.39 is 46.2 Å². The van der Waals surface area contributed by atoms with Crippen LogP contribution in [0.2, 0.25) is 0 Å². The van der Waals surface area contributed by atoms with Gasteiger partial charge < -0.3 is 10.6 Å². The maximum atomic E-state index is 14.8. The molecule has 0 spiro atoms. The van der Waals surface area contributed by atoms with Crippen LogP contribution in [0.1, 0.15) is 20.7 Å². The van der Waals surface area contributed by atoms with Crippen molar-refractivity contribution in [2.45, 2.75) is 0 Å². The highest BCUT2D eigenvalue weighted by Crippen LogP contribution is 2.27. The third kappa shape index (κ3) is 4.13. The third-order valence-electron chi connectivity index (χ3n) is 5.73. The van der Waals surface area contributed by atoms with Crippen molar-refractivity contribution >= 4 is 44.7 Å². The Balaban J connectivity index is 1.45. The Labute approximate surface area is 202 Å². The van der Waals surface area contributed by atoms with Crippen LogP contribution in [0.4, 0.5) is 28.9 Å². The number of hydrogen-bond donors (Lipinski definition) is 2. The lowest BCUT2D eigenvalue weighted by Crippen LogP contribution is -2.23. The van der Waals surface area contributed by atoms with Gasteiger partial charge in [-0.25, -0.2) is 17.6 Å². The average molecular weight is 488 g/mol. The second-order valence-electron chi connectivity index (χ2n) is 8.04. The van der Waals surface area contributed by atoms with E-state index in [1.165, 1.54) is 12.1 Å². The van der Waals surface area contributed by atoms with Crippen molar-refractivity contribution in [1.29, 1.82) is 0 Å². The van der Waals surface area contributed by atoms with Crippen LogP contribution in [0.25, 0.3) is 21.5 Å². The Hall–Kier alpha value is -4.72. The fourth-order valence-electron chi connectivity index (χ4n) is 3.95. The molecule has 4 nitrogen and oxygen atoms in total. The number of halogens is 4. The van der Waals surface area contributed by atoms with E-state index in [1.54, 1.807) is 48.5 Å². The van der Waals surface area contributed by atoms with Gasteiger partial charge in [0.1, 0.15) is 11.1 Å². The lowest BCUT2D eigenvalue weighted by Gasteiger charge is -2.13. The Morgan fingerprint density at radius 3 is 1.17 bits per heavy atom. The Bertz CT molecular complexity index is 1530. The van der Waals surface area contributed by atoms with Gasteiger partial charge in [0.15, 0.2) is 23.3 Å². The predicted octanol–water partition coefficient (Wildman–Crippen LogP) is 7.05. The summed E-state index contributed by atoms with van der Waals surface area (Å²) in [6.07, 6.45) is 0. The number of benzene rings is 5. The number of amides is 2. The predicted molar refractivity (Wildman–Crippen MR) is 130 cm³/mol. The Morgan fingerprint density at radius 1 is 0.472 bits per heavy atom. The van der Waals surface area contributed by atoms with Crippen LogP contribution in [-0.2, 0) is 0 Å². The number of nitrogens with one attached hydrogen (secondary N) is 2. The molecule has 0 unspecified atom stereocenters. The number of rotatable bonds is 4. The summed E-state index contributed by atoms with van der Waals surface area (Å²) in [6.45, 7) is 0. The second-order valence-corrected chi connectivity index (χ2v) is 8.04. The molecule has 0 saturated heterocycles. The van der Waals surface area contributed by atoms with E-state index in [4.69, 9.17) is 0 Å². The molecule has 0 aliphatic heterocycles. The van der Waals surface area contributed by atoms with Crippen LogP contribution < -0.4 is 10.6 Å². The van der Waals surface area contributed by atoms with Crippen LogP contribution in [-0.4, -0.2) is 11.8 Å². The van der Waals surface area contributed by atoms with Gasteiger partial charge >= 0.3 is 0 Å². The summed E-state index contributed by atoms with van der Waals surface area (Å²) in [5.41, 5.74) is -2.62. The van der Waals surface area contributed by atoms with Crippen LogP contribution in [0.15, 0.2) is 84.9 Å². The molecule has 0 heterocycles. The first-order chi connectivity index (χ1) is 17.3. The highest BCUT2D eigenvalue weighted by atomic mass is 19.2.